The van der Waals surface area contributed by atoms with Crippen LogP contribution in [0, 0.1) is 0 Å². The zero-order valence-electron chi connectivity index (χ0n) is 51.1. The van der Waals surface area contributed by atoms with Crippen LogP contribution >= 0.6 is 0 Å². The van der Waals surface area contributed by atoms with Gasteiger partial charge in [0.25, 0.3) is 0 Å². The summed E-state index contributed by atoms with van der Waals surface area (Å²) in [5.41, 5.74) is 0. The molecule has 0 spiro atoms. The maximum absolute atomic E-state index is 13.2. The molecule has 2 fully saturated rings. The summed E-state index contributed by atoms with van der Waals surface area (Å²) in [6.45, 7) is 2.60. The van der Waals surface area contributed by atoms with Crippen molar-refractivity contribution in [2.24, 2.45) is 0 Å². The first-order chi connectivity index (χ1) is 40.6. The molecule has 2 rings (SSSR count). The number of rotatable bonds is 50. The van der Waals surface area contributed by atoms with E-state index in [0.29, 0.717) is 12.8 Å². The van der Waals surface area contributed by atoms with Gasteiger partial charge in [0.05, 0.1) is 32.0 Å². The van der Waals surface area contributed by atoms with E-state index in [1.807, 2.05) is 6.08 Å². The third-order valence-corrected chi connectivity index (χ3v) is 14.9. The Bertz CT molecular complexity index is 1850. The number of aliphatic hydroxyl groups is 8. The van der Waals surface area contributed by atoms with Crippen molar-refractivity contribution in [3.8, 4) is 0 Å². The highest BCUT2D eigenvalue weighted by Crippen LogP contribution is 2.30. The SMILES string of the molecule is CC/C=C\C/C=C\C/C=C\C/C=C\C/C=C\C/C=C\C/C=C\C/C=C\CCCCCCCCCCCCCCCCC(=O)NC(COC1OC(CO)C(OC2OC(CO)C(O)C(O)C2O)C(O)C1O)C(O)/C=C/CC/C=C/CCCCCC. The van der Waals surface area contributed by atoms with Gasteiger partial charge in [0.2, 0.25) is 5.91 Å². The van der Waals surface area contributed by atoms with Crippen LogP contribution in [0.3, 0.4) is 0 Å². The van der Waals surface area contributed by atoms with Crippen LogP contribution in [-0.4, -0.2) is 140 Å². The number of hydrogen-bond acceptors (Lipinski definition) is 13. The van der Waals surface area contributed by atoms with Gasteiger partial charge in [0, 0.05) is 6.42 Å². The Kier molecular flexibility index (Phi) is 47.9. The van der Waals surface area contributed by atoms with Crippen molar-refractivity contribution >= 4 is 5.91 Å². The van der Waals surface area contributed by atoms with Crippen molar-refractivity contribution < 1.29 is 64.6 Å². The molecule has 2 aliphatic heterocycles. The molecule has 9 N–H and O–H groups in total. The van der Waals surface area contributed by atoms with E-state index in [-0.39, 0.29) is 18.9 Å². The van der Waals surface area contributed by atoms with E-state index in [0.717, 1.165) is 96.3 Å². The van der Waals surface area contributed by atoms with Crippen LogP contribution in [0.4, 0.5) is 0 Å². The number of carbonyl (C=O) groups excluding carboxylic acids is 1. The van der Waals surface area contributed by atoms with Gasteiger partial charge in [-0.3, -0.25) is 4.79 Å². The summed E-state index contributed by atoms with van der Waals surface area (Å²) in [7, 11) is 0. The first-order valence-electron chi connectivity index (χ1n) is 32.3. The van der Waals surface area contributed by atoms with Crippen LogP contribution in [0.25, 0.3) is 0 Å². The Hall–Kier alpha value is -3.61. The molecule has 0 radical (unpaired) electrons. The standard InChI is InChI=1S/C69H115NO13/c1-3-5-7-9-11-13-15-16-17-18-19-20-21-22-23-24-25-26-27-28-29-30-31-32-33-34-35-36-37-38-39-40-41-42-43-45-47-49-51-53-61(74)70-57(58(73)52-50-48-46-44-14-12-10-8-6-4-2)56-80-68-66(79)64(77)67(60(55-72)82-68)83-69-65(78)63(76)62(75)59(54-71)81-69/h5,7,11,13-14,16-17,19-20,22-23,25-26,28-29,31-32,44,50,52,57-60,62-69,71-73,75-79H,3-4,6,8-10,12,15,18,21,24,27,30,33-43,45-49,51,53-56H2,1-2H3,(H,70,74)/b7-5-,13-11-,17-16-,20-19-,23-22-,26-25-,29-28-,32-31-,44-14+,52-50+. The fourth-order valence-electron chi connectivity index (χ4n) is 9.73. The smallest absolute Gasteiger partial charge is 0.220 e. The van der Waals surface area contributed by atoms with Gasteiger partial charge in [-0.15, -0.1) is 0 Å². The quantitative estimate of drug-likeness (QED) is 0.0204. The lowest BCUT2D eigenvalue weighted by molar-refractivity contribution is -0.359. The lowest BCUT2D eigenvalue weighted by atomic mass is 9.97. The summed E-state index contributed by atoms with van der Waals surface area (Å²) in [6, 6.07) is -0.936. The molecule has 2 saturated heterocycles. The third-order valence-electron chi connectivity index (χ3n) is 14.9. The van der Waals surface area contributed by atoms with E-state index < -0.39 is 86.8 Å². The summed E-state index contributed by atoms with van der Waals surface area (Å²) in [4.78, 5) is 13.2. The maximum atomic E-state index is 13.2. The predicted octanol–water partition coefficient (Wildman–Crippen LogP) is 12.2. The minimum Gasteiger partial charge on any atom is -0.394 e. The molecule has 2 heterocycles. The van der Waals surface area contributed by atoms with E-state index in [1.165, 1.54) is 83.5 Å². The Balaban J connectivity index is 1.58. The van der Waals surface area contributed by atoms with E-state index in [1.54, 1.807) is 6.08 Å². The number of aliphatic hydroxyl groups excluding tert-OH is 8. The highest BCUT2D eigenvalue weighted by Gasteiger charge is 2.51. The highest BCUT2D eigenvalue weighted by molar-refractivity contribution is 5.76. The van der Waals surface area contributed by atoms with Gasteiger partial charge in [-0.25, -0.2) is 0 Å². The summed E-state index contributed by atoms with van der Waals surface area (Å²) >= 11 is 0. The molecule has 1 amide bonds. The molecule has 12 unspecified atom stereocenters. The van der Waals surface area contributed by atoms with Crippen LogP contribution in [0.15, 0.2) is 122 Å². The van der Waals surface area contributed by atoms with Crippen molar-refractivity contribution in [3.63, 3.8) is 0 Å². The monoisotopic (exact) mass is 1170 g/mol. The molecule has 12 atom stereocenters. The fourth-order valence-corrected chi connectivity index (χ4v) is 9.73. The third kappa shape index (κ3) is 37.5. The molecule has 0 aromatic heterocycles. The average molecular weight is 1170 g/mol. The normalized spacial score (nSPS) is 24.7. The van der Waals surface area contributed by atoms with Crippen molar-refractivity contribution in [2.75, 3.05) is 19.8 Å². The van der Waals surface area contributed by atoms with E-state index in [2.05, 4.69) is 129 Å². The molecule has 83 heavy (non-hydrogen) atoms. The van der Waals surface area contributed by atoms with Gasteiger partial charge < -0.3 is 65.1 Å². The number of carbonyl (C=O) groups is 1. The summed E-state index contributed by atoms with van der Waals surface area (Å²) < 4.78 is 22.7. The number of allylic oxidation sites excluding steroid dienone is 19. The van der Waals surface area contributed by atoms with Crippen molar-refractivity contribution in [2.45, 2.75) is 286 Å². The first kappa shape index (κ1) is 75.5. The maximum Gasteiger partial charge on any atom is 0.220 e. The second-order valence-electron chi connectivity index (χ2n) is 22.1. The molecule has 0 aromatic rings. The van der Waals surface area contributed by atoms with Crippen LogP contribution in [-0.2, 0) is 23.7 Å². The second-order valence-corrected chi connectivity index (χ2v) is 22.1. The zero-order valence-corrected chi connectivity index (χ0v) is 51.1. The lowest BCUT2D eigenvalue weighted by Gasteiger charge is -2.46. The summed E-state index contributed by atoms with van der Waals surface area (Å²) in [5, 5.41) is 86.9. The molecule has 14 heteroatoms. The lowest BCUT2D eigenvalue weighted by Crippen LogP contribution is -2.65. The number of nitrogens with one attached hydrogen (secondary N) is 1. The number of amides is 1. The highest BCUT2D eigenvalue weighted by atomic mass is 16.7. The van der Waals surface area contributed by atoms with Crippen molar-refractivity contribution in [1.82, 2.24) is 5.32 Å². The largest absolute Gasteiger partial charge is 0.394 e. The number of hydrogen-bond donors (Lipinski definition) is 9. The molecular weight excluding hydrogens is 1050 g/mol. The van der Waals surface area contributed by atoms with Crippen molar-refractivity contribution in [1.29, 1.82) is 0 Å². The topological polar surface area (TPSA) is 228 Å². The van der Waals surface area contributed by atoms with E-state index in [4.69, 9.17) is 18.9 Å². The molecule has 14 nitrogen and oxygen atoms in total. The summed E-state index contributed by atoms with van der Waals surface area (Å²) in [5.74, 6) is -0.257. The summed E-state index contributed by atoms with van der Waals surface area (Å²) in [6.07, 6.45) is 59.9. The van der Waals surface area contributed by atoms with Crippen LogP contribution in [0.5, 0.6) is 0 Å². The average Bonchev–Trinajstić information content (AvgIpc) is 3.47. The molecule has 474 valence electrons. The van der Waals surface area contributed by atoms with Crippen LogP contribution < -0.4 is 5.32 Å². The van der Waals surface area contributed by atoms with Gasteiger partial charge in [-0.1, -0.05) is 232 Å². The van der Waals surface area contributed by atoms with Gasteiger partial charge in [0.1, 0.15) is 48.8 Å². The molecular formula is C69H115NO13. The molecule has 2 aliphatic rings. The Morgan fingerprint density at radius 3 is 1.33 bits per heavy atom. The molecule has 0 aromatic carbocycles. The van der Waals surface area contributed by atoms with Gasteiger partial charge in [-0.2, -0.15) is 0 Å². The van der Waals surface area contributed by atoms with E-state index >= 15 is 0 Å². The number of ether oxygens (including phenoxy) is 4. The Labute approximate surface area is 501 Å². The first-order valence-corrected chi connectivity index (χ1v) is 32.3. The Morgan fingerprint density at radius 2 is 0.843 bits per heavy atom. The number of unbranched alkanes of at least 4 members (excludes halogenated alkanes) is 19. The predicted molar refractivity (Wildman–Crippen MR) is 336 cm³/mol. The minimum atomic E-state index is -1.79. The van der Waals surface area contributed by atoms with Gasteiger partial charge in [-0.05, 0) is 96.3 Å². The molecule has 0 saturated carbocycles. The van der Waals surface area contributed by atoms with E-state index in [9.17, 15) is 45.6 Å². The van der Waals surface area contributed by atoms with Crippen molar-refractivity contribution in [3.05, 3.63) is 122 Å². The van der Waals surface area contributed by atoms with Gasteiger partial charge >= 0.3 is 0 Å². The van der Waals surface area contributed by atoms with Crippen LogP contribution in [0.2, 0.25) is 0 Å². The van der Waals surface area contributed by atoms with Gasteiger partial charge in [0.15, 0.2) is 12.6 Å². The Morgan fingerprint density at radius 1 is 0.446 bits per heavy atom. The second kappa shape index (κ2) is 52.7. The molecule has 0 bridgehead atoms. The fraction of sp³-hybridized carbons (Fsp3) is 0.696. The van der Waals surface area contributed by atoms with Crippen LogP contribution in [0.1, 0.15) is 213 Å². The molecule has 0 aliphatic carbocycles. The minimum absolute atomic E-state index is 0.257. The zero-order chi connectivity index (χ0) is 60.2.